The van der Waals surface area contributed by atoms with E-state index in [1.165, 1.54) is 25.9 Å². The third-order valence-electron chi connectivity index (χ3n) is 3.26. The fraction of sp³-hybridized carbons (Fsp3) is 1.00. The van der Waals surface area contributed by atoms with Gasteiger partial charge < -0.3 is 10.2 Å². The van der Waals surface area contributed by atoms with Crippen LogP contribution in [-0.4, -0.2) is 58.8 Å². The molecule has 0 amide bonds. The van der Waals surface area contributed by atoms with Crippen LogP contribution >= 0.6 is 0 Å². The molecule has 0 aromatic heterocycles. The molecule has 0 aromatic rings. The van der Waals surface area contributed by atoms with Gasteiger partial charge in [-0.3, -0.25) is 0 Å². The Balaban J connectivity index is 2.01. The van der Waals surface area contributed by atoms with Crippen molar-refractivity contribution < 1.29 is 8.42 Å². The van der Waals surface area contributed by atoms with Crippen LogP contribution in [0.3, 0.4) is 0 Å². The van der Waals surface area contributed by atoms with Gasteiger partial charge in [-0.1, -0.05) is 0 Å². The number of unbranched alkanes of at least 4 members (excludes halogenated alkanes) is 1. The predicted octanol–water partition coefficient (Wildman–Crippen LogP) is 0.391. The summed E-state index contributed by atoms with van der Waals surface area (Å²) in [6.07, 6.45) is 5.12. The molecule has 0 saturated carbocycles. The van der Waals surface area contributed by atoms with Crippen LogP contribution in [0.25, 0.3) is 0 Å². The molecular formula is C12H27N3O2S. The van der Waals surface area contributed by atoms with Crippen molar-refractivity contribution in [2.75, 3.05) is 45.5 Å². The van der Waals surface area contributed by atoms with Gasteiger partial charge in [-0.25, -0.2) is 13.1 Å². The summed E-state index contributed by atoms with van der Waals surface area (Å²) in [4.78, 5) is 2.40. The van der Waals surface area contributed by atoms with E-state index in [0.717, 1.165) is 32.4 Å². The van der Waals surface area contributed by atoms with Gasteiger partial charge >= 0.3 is 0 Å². The summed E-state index contributed by atoms with van der Waals surface area (Å²) in [5.41, 5.74) is 0. The van der Waals surface area contributed by atoms with Gasteiger partial charge in [0.2, 0.25) is 10.0 Å². The monoisotopic (exact) mass is 277 g/mol. The lowest BCUT2D eigenvalue weighted by Gasteiger charge is -2.14. The maximum Gasteiger partial charge on any atom is 0.211 e. The molecule has 0 unspecified atom stereocenters. The Morgan fingerprint density at radius 1 is 1.06 bits per heavy atom. The quantitative estimate of drug-likeness (QED) is 0.567. The molecule has 1 aliphatic rings. The minimum Gasteiger partial charge on any atom is -0.320 e. The van der Waals surface area contributed by atoms with Gasteiger partial charge in [0.15, 0.2) is 0 Å². The fourth-order valence-electron chi connectivity index (χ4n) is 2.20. The molecule has 5 nitrogen and oxygen atoms in total. The molecule has 0 aliphatic carbocycles. The molecule has 1 aliphatic heterocycles. The van der Waals surface area contributed by atoms with Crippen molar-refractivity contribution in [3.8, 4) is 0 Å². The highest BCUT2D eigenvalue weighted by molar-refractivity contribution is 7.89. The molecule has 1 fully saturated rings. The first-order chi connectivity index (χ1) is 8.64. The number of hydrogen-bond acceptors (Lipinski definition) is 4. The average Bonchev–Trinajstić information content (AvgIpc) is 2.83. The molecular weight excluding hydrogens is 250 g/mol. The highest BCUT2D eigenvalue weighted by Crippen LogP contribution is 2.07. The molecule has 1 saturated heterocycles. The summed E-state index contributed by atoms with van der Waals surface area (Å²) in [5, 5.41) is 3.02. The van der Waals surface area contributed by atoms with E-state index in [1.807, 2.05) is 7.05 Å². The molecule has 1 rings (SSSR count). The lowest BCUT2D eigenvalue weighted by molar-refractivity contribution is 0.334. The van der Waals surface area contributed by atoms with Crippen molar-refractivity contribution in [2.45, 2.75) is 32.1 Å². The maximum atomic E-state index is 11.6. The first-order valence-corrected chi connectivity index (χ1v) is 8.63. The van der Waals surface area contributed by atoms with Crippen molar-refractivity contribution in [3.05, 3.63) is 0 Å². The zero-order valence-electron chi connectivity index (χ0n) is 11.5. The number of likely N-dealkylation sites (tertiary alicyclic amines) is 1. The third kappa shape index (κ3) is 7.31. The molecule has 0 atom stereocenters. The van der Waals surface area contributed by atoms with Crippen LogP contribution in [0.4, 0.5) is 0 Å². The van der Waals surface area contributed by atoms with Crippen LogP contribution in [0.2, 0.25) is 0 Å². The Morgan fingerprint density at radius 3 is 2.44 bits per heavy atom. The topological polar surface area (TPSA) is 61.4 Å². The fourth-order valence-corrected chi connectivity index (χ4v) is 3.39. The average molecular weight is 277 g/mol. The third-order valence-corrected chi connectivity index (χ3v) is 4.73. The summed E-state index contributed by atoms with van der Waals surface area (Å²) in [6, 6.07) is 0. The van der Waals surface area contributed by atoms with Crippen LogP contribution < -0.4 is 10.0 Å². The number of rotatable bonds is 10. The molecule has 1 heterocycles. The molecule has 0 spiro atoms. The van der Waals surface area contributed by atoms with Crippen LogP contribution in [-0.2, 0) is 10.0 Å². The van der Waals surface area contributed by atoms with E-state index >= 15 is 0 Å². The largest absolute Gasteiger partial charge is 0.320 e. The van der Waals surface area contributed by atoms with Crippen LogP contribution in [0.15, 0.2) is 0 Å². The summed E-state index contributed by atoms with van der Waals surface area (Å²) < 4.78 is 26.0. The minimum atomic E-state index is -3.05. The van der Waals surface area contributed by atoms with Crippen molar-refractivity contribution in [3.63, 3.8) is 0 Å². The lowest BCUT2D eigenvalue weighted by atomic mass is 10.3. The standard InChI is InChI=1S/C12H27N3O2S/c1-13-7-2-5-12-18(16,17)14-8-6-11-15-9-3-4-10-15/h13-14H,2-12H2,1H3. The smallest absolute Gasteiger partial charge is 0.211 e. The molecule has 0 bridgehead atoms. The lowest BCUT2D eigenvalue weighted by Crippen LogP contribution is -2.30. The summed E-state index contributed by atoms with van der Waals surface area (Å²) in [7, 11) is -1.17. The number of sulfonamides is 1. The molecule has 18 heavy (non-hydrogen) atoms. The summed E-state index contributed by atoms with van der Waals surface area (Å²) in [5.74, 6) is 0.248. The van der Waals surface area contributed by atoms with Gasteiger partial charge in [0.05, 0.1) is 5.75 Å². The second-order valence-corrected chi connectivity index (χ2v) is 6.85. The molecule has 0 radical (unpaired) electrons. The Hall–Kier alpha value is -0.170. The Morgan fingerprint density at radius 2 is 1.78 bits per heavy atom. The number of nitrogens with zero attached hydrogens (tertiary/aromatic N) is 1. The van der Waals surface area contributed by atoms with E-state index in [-0.39, 0.29) is 5.75 Å². The van der Waals surface area contributed by atoms with E-state index in [1.54, 1.807) is 0 Å². The SMILES string of the molecule is CNCCCCS(=O)(=O)NCCCN1CCCC1. The normalized spacial score (nSPS) is 17.4. The van der Waals surface area contributed by atoms with Crippen molar-refractivity contribution in [1.82, 2.24) is 14.9 Å². The van der Waals surface area contributed by atoms with Gasteiger partial charge in [-0.15, -0.1) is 0 Å². The van der Waals surface area contributed by atoms with E-state index in [0.29, 0.717) is 6.54 Å². The molecule has 2 N–H and O–H groups in total. The number of nitrogens with one attached hydrogen (secondary N) is 2. The first kappa shape index (κ1) is 15.9. The molecule has 108 valence electrons. The number of hydrogen-bond donors (Lipinski definition) is 2. The second-order valence-electron chi connectivity index (χ2n) is 4.93. The van der Waals surface area contributed by atoms with Crippen LogP contribution in [0, 0.1) is 0 Å². The second kappa shape index (κ2) is 8.85. The highest BCUT2D eigenvalue weighted by atomic mass is 32.2. The summed E-state index contributed by atoms with van der Waals surface area (Å²) in [6.45, 7) is 4.82. The van der Waals surface area contributed by atoms with Gasteiger partial charge in [0.1, 0.15) is 0 Å². The predicted molar refractivity (Wildman–Crippen MR) is 75.2 cm³/mol. The molecule has 6 heteroatoms. The summed E-state index contributed by atoms with van der Waals surface area (Å²) >= 11 is 0. The maximum absolute atomic E-state index is 11.6. The van der Waals surface area contributed by atoms with E-state index in [4.69, 9.17) is 0 Å². The van der Waals surface area contributed by atoms with Crippen LogP contribution in [0.5, 0.6) is 0 Å². The van der Waals surface area contributed by atoms with Crippen molar-refractivity contribution in [1.29, 1.82) is 0 Å². The van der Waals surface area contributed by atoms with E-state index < -0.39 is 10.0 Å². The van der Waals surface area contributed by atoms with Crippen molar-refractivity contribution in [2.24, 2.45) is 0 Å². The highest BCUT2D eigenvalue weighted by Gasteiger charge is 2.12. The zero-order chi connectivity index (χ0) is 13.3. The Kier molecular flexibility index (Phi) is 7.81. The molecule has 0 aromatic carbocycles. The van der Waals surface area contributed by atoms with E-state index in [2.05, 4.69) is 14.9 Å². The van der Waals surface area contributed by atoms with Gasteiger partial charge in [0.25, 0.3) is 0 Å². The first-order valence-electron chi connectivity index (χ1n) is 6.98. The van der Waals surface area contributed by atoms with E-state index in [9.17, 15) is 8.42 Å². The Labute approximate surface area is 111 Å². The van der Waals surface area contributed by atoms with Gasteiger partial charge in [0, 0.05) is 6.54 Å². The van der Waals surface area contributed by atoms with Gasteiger partial charge in [-0.05, 0) is 65.3 Å². The zero-order valence-corrected chi connectivity index (χ0v) is 12.3. The van der Waals surface area contributed by atoms with Crippen LogP contribution in [0.1, 0.15) is 32.1 Å². The van der Waals surface area contributed by atoms with Gasteiger partial charge in [-0.2, -0.15) is 0 Å². The Bertz CT molecular complexity index is 300. The van der Waals surface area contributed by atoms with Crippen molar-refractivity contribution >= 4 is 10.0 Å². The minimum absolute atomic E-state index is 0.248.